The third kappa shape index (κ3) is 5.47. The highest BCUT2D eigenvalue weighted by Gasteiger charge is 2.31. The Morgan fingerprint density at radius 3 is 2.67 bits per heavy atom. The summed E-state index contributed by atoms with van der Waals surface area (Å²) in [4.78, 5) is 12.3. The third-order valence-electron chi connectivity index (χ3n) is 4.66. The Labute approximate surface area is 151 Å². The fourth-order valence-electron chi connectivity index (χ4n) is 3.24. The van der Waals surface area contributed by atoms with Crippen molar-refractivity contribution < 1.29 is 9.53 Å². The lowest BCUT2D eigenvalue weighted by molar-refractivity contribution is -0.126. The van der Waals surface area contributed by atoms with Crippen molar-refractivity contribution in [2.45, 2.75) is 58.1 Å². The van der Waals surface area contributed by atoms with Crippen molar-refractivity contribution >= 4 is 18.3 Å². The van der Waals surface area contributed by atoms with Crippen LogP contribution in [0.4, 0.5) is 0 Å². The number of halogens is 1. The Balaban J connectivity index is 0.00000288. The van der Waals surface area contributed by atoms with Crippen LogP contribution >= 0.6 is 12.4 Å². The summed E-state index contributed by atoms with van der Waals surface area (Å²) < 4.78 is 6.00. The van der Waals surface area contributed by atoms with Crippen molar-refractivity contribution in [3.8, 4) is 0 Å². The van der Waals surface area contributed by atoms with Crippen molar-refractivity contribution in [3.63, 3.8) is 0 Å². The van der Waals surface area contributed by atoms with E-state index in [1.807, 2.05) is 6.92 Å². The van der Waals surface area contributed by atoms with E-state index in [9.17, 15) is 4.79 Å². The average molecular weight is 355 g/mol. The number of carbonyl (C=O) groups excluding carboxylic acids is 1. The summed E-state index contributed by atoms with van der Waals surface area (Å²) in [7, 11) is 0. The molecule has 136 valence electrons. The topological polar surface area (TPSA) is 64.4 Å². The maximum atomic E-state index is 12.3. The standard InChI is InChI=1S/C19H30N2O2.ClH/c1-4-11-19(3,20)18(22)21-13-16-6-5-12-23-17(16)15-9-7-14(2)8-10-15;/h7-10,16-17H,4-6,11-13,20H2,1-3H3,(H,21,22);1H. The first-order valence-corrected chi connectivity index (χ1v) is 8.69. The van der Waals surface area contributed by atoms with Gasteiger partial charge in [0.25, 0.3) is 0 Å². The summed E-state index contributed by atoms with van der Waals surface area (Å²) in [5.41, 5.74) is 7.75. The number of rotatable bonds is 6. The number of ether oxygens (including phenoxy) is 1. The molecule has 1 aliphatic rings. The van der Waals surface area contributed by atoms with Crippen LogP contribution in [0.1, 0.15) is 56.8 Å². The minimum Gasteiger partial charge on any atom is -0.373 e. The summed E-state index contributed by atoms with van der Waals surface area (Å²) in [6.07, 6.45) is 3.76. The summed E-state index contributed by atoms with van der Waals surface area (Å²) in [6.45, 7) is 7.34. The van der Waals surface area contributed by atoms with Crippen LogP contribution < -0.4 is 11.1 Å². The highest BCUT2D eigenvalue weighted by atomic mass is 35.5. The molecule has 1 aromatic rings. The van der Waals surface area contributed by atoms with Crippen molar-refractivity contribution in [2.75, 3.05) is 13.2 Å². The van der Waals surface area contributed by atoms with Gasteiger partial charge >= 0.3 is 0 Å². The third-order valence-corrected chi connectivity index (χ3v) is 4.66. The van der Waals surface area contributed by atoms with E-state index in [4.69, 9.17) is 10.5 Å². The first kappa shape index (κ1) is 20.9. The zero-order valence-corrected chi connectivity index (χ0v) is 15.8. The molecule has 0 radical (unpaired) electrons. The number of hydrogen-bond acceptors (Lipinski definition) is 3. The van der Waals surface area contributed by atoms with Crippen LogP contribution in [-0.4, -0.2) is 24.6 Å². The Bertz CT molecular complexity index is 517. The molecule has 0 aromatic heterocycles. The number of carbonyl (C=O) groups is 1. The largest absolute Gasteiger partial charge is 0.373 e. The normalized spacial score (nSPS) is 23.0. The van der Waals surface area contributed by atoms with Gasteiger partial charge in [0.15, 0.2) is 0 Å². The zero-order valence-electron chi connectivity index (χ0n) is 15.0. The molecule has 0 bridgehead atoms. The van der Waals surface area contributed by atoms with E-state index in [1.165, 1.54) is 11.1 Å². The van der Waals surface area contributed by atoms with E-state index in [0.29, 0.717) is 18.9 Å². The van der Waals surface area contributed by atoms with Gasteiger partial charge in [0, 0.05) is 19.1 Å². The van der Waals surface area contributed by atoms with Crippen LogP contribution in [0.15, 0.2) is 24.3 Å². The molecule has 24 heavy (non-hydrogen) atoms. The van der Waals surface area contributed by atoms with Crippen molar-refractivity contribution in [1.82, 2.24) is 5.32 Å². The highest BCUT2D eigenvalue weighted by Crippen LogP contribution is 2.33. The number of aryl methyl sites for hydroxylation is 1. The maximum absolute atomic E-state index is 12.3. The van der Waals surface area contributed by atoms with Gasteiger partial charge in [-0.3, -0.25) is 4.79 Å². The van der Waals surface area contributed by atoms with Gasteiger partial charge in [-0.15, -0.1) is 12.4 Å². The first-order valence-electron chi connectivity index (χ1n) is 8.69. The van der Waals surface area contributed by atoms with Gasteiger partial charge in [0.1, 0.15) is 0 Å². The van der Waals surface area contributed by atoms with Gasteiger partial charge in [-0.1, -0.05) is 43.2 Å². The molecule has 1 amide bonds. The molecular formula is C19H31ClN2O2. The van der Waals surface area contributed by atoms with E-state index in [1.54, 1.807) is 6.92 Å². The lowest BCUT2D eigenvalue weighted by Gasteiger charge is -2.33. The van der Waals surface area contributed by atoms with Gasteiger partial charge < -0.3 is 15.8 Å². The molecule has 1 aliphatic heterocycles. The summed E-state index contributed by atoms with van der Waals surface area (Å²) in [6, 6.07) is 8.48. The Morgan fingerprint density at radius 2 is 2.04 bits per heavy atom. The smallest absolute Gasteiger partial charge is 0.239 e. The number of benzene rings is 1. The molecule has 3 N–H and O–H groups in total. The van der Waals surface area contributed by atoms with E-state index in [-0.39, 0.29) is 24.4 Å². The van der Waals surface area contributed by atoms with Gasteiger partial charge in [-0.25, -0.2) is 0 Å². The fraction of sp³-hybridized carbons (Fsp3) is 0.632. The molecule has 2 rings (SSSR count). The Kier molecular flexibility index (Phi) is 8.20. The fourth-order valence-corrected chi connectivity index (χ4v) is 3.24. The summed E-state index contributed by atoms with van der Waals surface area (Å²) in [5.74, 6) is 0.236. The second-order valence-electron chi connectivity index (χ2n) is 6.98. The SMILES string of the molecule is CCCC(C)(N)C(=O)NCC1CCCOC1c1ccc(C)cc1.Cl. The predicted octanol–water partition coefficient (Wildman–Crippen LogP) is 3.52. The lowest BCUT2D eigenvalue weighted by atomic mass is 9.88. The molecule has 4 nitrogen and oxygen atoms in total. The van der Waals surface area contributed by atoms with Crippen LogP contribution in [0.5, 0.6) is 0 Å². The molecular weight excluding hydrogens is 324 g/mol. The minimum absolute atomic E-state index is 0. The maximum Gasteiger partial charge on any atom is 0.239 e. The summed E-state index contributed by atoms with van der Waals surface area (Å²) in [5, 5.41) is 3.04. The molecule has 3 atom stereocenters. The first-order chi connectivity index (χ1) is 10.9. The Morgan fingerprint density at radius 1 is 1.38 bits per heavy atom. The van der Waals surface area contributed by atoms with Crippen LogP contribution in [0, 0.1) is 12.8 Å². The van der Waals surface area contributed by atoms with Gasteiger partial charge in [0.05, 0.1) is 11.6 Å². The number of nitrogens with two attached hydrogens (primary N) is 1. The van der Waals surface area contributed by atoms with E-state index in [0.717, 1.165) is 25.9 Å². The second-order valence-corrected chi connectivity index (χ2v) is 6.98. The van der Waals surface area contributed by atoms with Crippen molar-refractivity contribution in [2.24, 2.45) is 11.7 Å². The average Bonchev–Trinajstić information content (AvgIpc) is 2.53. The molecule has 1 aromatic carbocycles. The van der Waals surface area contributed by atoms with Crippen LogP contribution in [-0.2, 0) is 9.53 Å². The highest BCUT2D eigenvalue weighted by molar-refractivity contribution is 5.85. The molecule has 5 heteroatoms. The van der Waals surface area contributed by atoms with Crippen molar-refractivity contribution in [1.29, 1.82) is 0 Å². The minimum atomic E-state index is -0.788. The number of amides is 1. The number of nitrogens with one attached hydrogen (secondary N) is 1. The van der Waals surface area contributed by atoms with Crippen LogP contribution in [0.25, 0.3) is 0 Å². The molecule has 0 saturated carbocycles. The van der Waals surface area contributed by atoms with E-state index in [2.05, 4.69) is 36.5 Å². The van der Waals surface area contributed by atoms with Crippen LogP contribution in [0.3, 0.4) is 0 Å². The quantitative estimate of drug-likeness (QED) is 0.821. The molecule has 1 heterocycles. The number of hydrogen-bond donors (Lipinski definition) is 2. The molecule has 0 spiro atoms. The van der Waals surface area contributed by atoms with E-state index >= 15 is 0 Å². The monoisotopic (exact) mass is 354 g/mol. The molecule has 3 unspecified atom stereocenters. The van der Waals surface area contributed by atoms with Gasteiger partial charge in [0.2, 0.25) is 5.91 Å². The van der Waals surface area contributed by atoms with Gasteiger partial charge in [-0.2, -0.15) is 0 Å². The molecule has 1 fully saturated rings. The zero-order chi connectivity index (χ0) is 16.9. The lowest BCUT2D eigenvalue weighted by Crippen LogP contribution is -2.52. The van der Waals surface area contributed by atoms with E-state index < -0.39 is 5.54 Å². The van der Waals surface area contributed by atoms with Crippen molar-refractivity contribution in [3.05, 3.63) is 35.4 Å². The second kappa shape index (κ2) is 9.40. The Hall–Kier alpha value is -1.10. The van der Waals surface area contributed by atoms with Crippen LogP contribution in [0.2, 0.25) is 0 Å². The predicted molar refractivity (Wildman–Crippen MR) is 100 cm³/mol. The molecule has 0 aliphatic carbocycles. The molecule has 1 saturated heterocycles. The summed E-state index contributed by atoms with van der Waals surface area (Å²) >= 11 is 0. The van der Waals surface area contributed by atoms with Gasteiger partial charge in [-0.05, 0) is 38.7 Å².